The van der Waals surface area contributed by atoms with Gasteiger partial charge in [-0.15, -0.1) is 0 Å². The Morgan fingerprint density at radius 2 is 1.53 bits per heavy atom. The lowest BCUT2D eigenvalue weighted by molar-refractivity contribution is -0.0704. The molecule has 0 aromatic rings. The lowest BCUT2D eigenvalue weighted by Gasteiger charge is -2.59. The van der Waals surface area contributed by atoms with Gasteiger partial charge in [0.15, 0.2) is 0 Å². The summed E-state index contributed by atoms with van der Waals surface area (Å²) in [5.74, 6) is 4.34. The molecule has 0 saturated heterocycles. The molecule has 17 heavy (non-hydrogen) atoms. The van der Waals surface area contributed by atoms with E-state index in [9.17, 15) is 0 Å². The van der Waals surface area contributed by atoms with Crippen LogP contribution in [0.2, 0.25) is 0 Å². The van der Waals surface area contributed by atoms with E-state index >= 15 is 0 Å². The second kappa shape index (κ2) is 3.73. The fourth-order valence-corrected chi connectivity index (χ4v) is 5.59. The SMILES string of the molecule is CC(NCC1CC1)C12CC3CC(CC(C3)C1)C2. The molecule has 0 heterocycles. The summed E-state index contributed by atoms with van der Waals surface area (Å²) in [5.41, 5.74) is 0.712. The summed E-state index contributed by atoms with van der Waals surface area (Å²) in [4.78, 5) is 0. The molecule has 5 rings (SSSR count). The summed E-state index contributed by atoms with van der Waals surface area (Å²) in [6.07, 6.45) is 12.4. The Kier molecular flexibility index (Phi) is 2.38. The van der Waals surface area contributed by atoms with E-state index in [1.807, 2.05) is 0 Å². The van der Waals surface area contributed by atoms with Crippen molar-refractivity contribution in [1.29, 1.82) is 0 Å². The monoisotopic (exact) mass is 233 g/mol. The predicted molar refractivity (Wildman–Crippen MR) is 70.8 cm³/mol. The normalized spacial score (nSPS) is 49.6. The van der Waals surface area contributed by atoms with Crippen molar-refractivity contribution in [1.82, 2.24) is 5.32 Å². The van der Waals surface area contributed by atoms with Crippen LogP contribution < -0.4 is 5.32 Å². The van der Waals surface area contributed by atoms with Crippen LogP contribution in [0.5, 0.6) is 0 Å². The Labute approximate surface area is 106 Å². The van der Waals surface area contributed by atoms with Crippen LogP contribution in [0.3, 0.4) is 0 Å². The van der Waals surface area contributed by atoms with Crippen molar-refractivity contribution in [3.05, 3.63) is 0 Å². The fraction of sp³-hybridized carbons (Fsp3) is 1.00. The summed E-state index contributed by atoms with van der Waals surface area (Å²) < 4.78 is 0. The maximum atomic E-state index is 3.90. The van der Waals surface area contributed by atoms with Crippen LogP contribution in [0.25, 0.3) is 0 Å². The average Bonchev–Trinajstić information content (AvgIpc) is 3.07. The highest BCUT2D eigenvalue weighted by Crippen LogP contribution is 2.61. The van der Waals surface area contributed by atoms with Crippen LogP contribution in [-0.2, 0) is 0 Å². The molecular weight excluding hydrogens is 206 g/mol. The molecule has 1 unspecified atom stereocenters. The van der Waals surface area contributed by atoms with E-state index in [0.29, 0.717) is 5.41 Å². The molecule has 1 nitrogen and oxygen atoms in total. The number of nitrogens with one attached hydrogen (secondary N) is 1. The van der Waals surface area contributed by atoms with Crippen LogP contribution in [0.1, 0.15) is 58.3 Å². The third kappa shape index (κ3) is 1.85. The zero-order chi connectivity index (χ0) is 11.5. The largest absolute Gasteiger partial charge is 0.313 e. The van der Waals surface area contributed by atoms with Gasteiger partial charge in [0.1, 0.15) is 0 Å². The van der Waals surface area contributed by atoms with Gasteiger partial charge in [0.2, 0.25) is 0 Å². The summed E-state index contributed by atoms with van der Waals surface area (Å²) in [6.45, 7) is 3.80. The molecule has 96 valence electrons. The Morgan fingerprint density at radius 3 is 2.00 bits per heavy atom. The first kappa shape index (κ1) is 10.8. The van der Waals surface area contributed by atoms with Gasteiger partial charge < -0.3 is 5.32 Å². The molecule has 0 spiro atoms. The van der Waals surface area contributed by atoms with Gasteiger partial charge in [-0.25, -0.2) is 0 Å². The Hall–Kier alpha value is -0.0400. The molecule has 5 fully saturated rings. The lowest BCUT2D eigenvalue weighted by atomic mass is 9.48. The van der Waals surface area contributed by atoms with E-state index in [-0.39, 0.29) is 0 Å². The molecule has 1 atom stereocenters. The summed E-state index contributed by atoms with van der Waals surface area (Å²) in [6, 6.07) is 0.788. The maximum absolute atomic E-state index is 3.90. The average molecular weight is 233 g/mol. The maximum Gasteiger partial charge on any atom is 0.00956 e. The van der Waals surface area contributed by atoms with E-state index in [4.69, 9.17) is 0 Å². The predicted octanol–water partition coefficient (Wildman–Crippen LogP) is 3.59. The second-order valence-electron chi connectivity index (χ2n) is 7.85. The van der Waals surface area contributed by atoms with Gasteiger partial charge in [0.05, 0.1) is 0 Å². The molecule has 5 aliphatic rings. The molecule has 0 amide bonds. The molecule has 5 saturated carbocycles. The van der Waals surface area contributed by atoms with Crippen molar-refractivity contribution in [3.63, 3.8) is 0 Å². The number of hydrogen-bond donors (Lipinski definition) is 1. The van der Waals surface area contributed by atoms with Gasteiger partial charge in [-0.3, -0.25) is 0 Å². The zero-order valence-electron chi connectivity index (χ0n) is 11.3. The van der Waals surface area contributed by atoms with Gasteiger partial charge in [-0.05, 0) is 93.9 Å². The minimum absolute atomic E-state index is 0.712. The Bertz CT molecular complexity index is 269. The van der Waals surface area contributed by atoms with Crippen LogP contribution in [0.4, 0.5) is 0 Å². The summed E-state index contributed by atoms with van der Waals surface area (Å²) >= 11 is 0. The molecule has 0 aromatic heterocycles. The minimum Gasteiger partial charge on any atom is -0.313 e. The molecule has 1 N–H and O–H groups in total. The molecule has 0 radical (unpaired) electrons. The molecule has 1 heteroatoms. The highest BCUT2D eigenvalue weighted by atomic mass is 14.9. The van der Waals surface area contributed by atoms with Crippen LogP contribution in [0.15, 0.2) is 0 Å². The fourth-order valence-electron chi connectivity index (χ4n) is 5.59. The highest BCUT2D eigenvalue weighted by molar-refractivity contribution is 5.05. The number of hydrogen-bond acceptors (Lipinski definition) is 1. The first-order valence-corrected chi connectivity index (χ1v) is 7.97. The number of rotatable bonds is 4. The standard InChI is InChI=1S/C16H27N/c1-11(17-10-12-2-3-12)16-7-13-4-14(8-16)6-15(5-13)9-16/h11-15,17H,2-10H2,1H3. The van der Waals surface area contributed by atoms with E-state index in [1.165, 1.54) is 19.4 Å². The Balaban J connectivity index is 1.47. The Morgan fingerprint density at radius 1 is 1.00 bits per heavy atom. The van der Waals surface area contributed by atoms with Crippen LogP contribution in [0, 0.1) is 29.1 Å². The summed E-state index contributed by atoms with van der Waals surface area (Å²) in [7, 11) is 0. The van der Waals surface area contributed by atoms with E-state index in [1.54, 1.807) is 38.5 Å². The quantitative estimate of drug-likeness (QED) is 0.782. The third-order valence-electron chi connectivity index (χ3n) is 6.41. The second-order valence-corrected chi connectivity index (χ2v) is 7.85. The van der Waals surface area contributed by atoms with Gasteiger partial charge in [0.25, 0.3) is 0 Å². The van der Waals surface area contributed by atoms with E-state index in [0.717, 1.165) is 29.7 Å². The van der Waals surface area contributed by atoms with Crippen molar-refractivity contribution in [2.45, 2.75) is 64.3 Å². The van der Waals surface area contributed by atoms with Crippen LogP contribution >= 0.6 is 0 Å². The highest BCUT2D eigenvalue weighted by Gasteiger charge is 2.53. The van der Waals surface area contributed by atoms with Crippen molar-refractivity contribution in [3.8, 4) is 0 Å². The van der Waals surface area contributed by atoms with Crippen molar-refractivity contribution in [2.24, 2.45) is 29.1 Å². The van der Waals surface area contributed by atoms with E-state index in [2.05, 4.69) is 12.2 Å². The zero-order valence-corrected chi connectivity index (χ0v) is 11.3. The molecule has 5 aliphatic carbocycles. The van der Waals surface area contributed by atoms with Gasteiger partial charge >= 0.3 is 0 Å². The topological polar surface area (TPSA) is 12.0 Å². The molecule has 0 aromatic carbocycles. The molecule has 0 aliphatic heterocycles. The molecule has 4 bridgehead atoms. The first-order chi connectivity index (χ1) is 8.23. The van der Waals surface area contributed by atoms with Gasteiger partial charge in [0, 0.05) is 6.04 Å². The third-order valence-corrected chi connectivity index (χ3v) is 6.41. The van der Waals surface area contributed by atoms with Crippen molar-refractivity contribution >= 4 is 0 Å². The smallest absolute Gasteiger partial charge is 0.00956 e. The lowest BCUT2D eigenvalue weighted by Crippen LogP contribution is -2.55. The van der Waals surface area contributed by atoms with E-state index < -0.39 is 0 Å². The first-order valence-electron chi connectivity index (χ1n) is 7.97. The van der Waals surface area contributed by atoms with Gasteiger partial charge in [-0.2, -0.15) is 0 Å². The van der Waals surface area contributed by atoms with Crippen molar-refractivity contribution in [2.75, 3.05) is 6.54 Å². The van der Waals surface area contributed by atoms with Gasteiger partial charge in [-0.1, -0.05) is 0 Å². The molecular formula is C16H27N. The summed E-state index contributed by atoms with van der Waals surface area (Å²) in [5, 5.41) is 3.90. The van der Waals surface area contributed by atoms with Crippen molar-refractivity contribution < 1.29 is 0 Å². The van der Waals surface area contributed by atoms with Crippen LogP contribution in [-0.4, -0.2) is 12.6 Å². The minimum atomic E-state index is 0.712.